The van der Waals surface area contributed by atoms with Crippen molar-refractivity contribution < 1.29 is 9.21 Å². The number of amides is 1. The summed E-state index contributed by atoms with van der Waals surface area (Å²) in [6.45, 7) is 4.55. The van der Waals surface area contributed by atoms with E-state index in [4.69, 9.17) is 4.42 Å². The van der Waals surface area contributed by atoms with Crippen LogP contribution in [0.4, 0.5) is 5.69 Å². The number of nitrogens with zero attached hydrogens (tertiary/aromatic N) is 1. The van der Waals surface area contributed by atoms with Crippen molar-refractivity contribution in [3.05, 3.63) is 53.5 Å². The fourth-order valence-electron chi connectivity index (χ4n) is 2.43. The fraction of sp³-hybridized carbons (Fsp3) is 0.188. The Morgan fingerprint density at radius 3 is 2.68 bits per heavy atom. The van der Waals surface area contributed by atoms with E-state index in [9.17, 15) is 4.79 Å². The van der Waals surface area contributed by atoms with Crippen LogP contribution in [0.3, 0.4) is 0 Å². The minimum absolute atomic E-state index is 0.0396. The first-order valence-corrected chi connectivity index (χ1v) is 6.40. The van der Waals surface area contributed by atoms with Gasteiger partial charge in [0.2, 0.25) is 0 Å². The van der Waals surface area contributed by atoms with E-state index in [0.29, 0.717) is 17.9 Å². The van der Waals surface area contributed by atoms with Gasteiger partial charge in [0.15, 0.2) is 0 Å². The second-order valence-corrected chi connectivity index (χ2v) is 4.57. The number of furan rings is 1. The van der Waals surface area contributed by atoms with Gasteiger partial charge < -0.3 is 9.32 Å². The molecule has 1 aromatic heterocycles. The lowest BCUT2D eigenvalue weighted by molar-refractivity contribution is -0.112. The van der Waals surface area contributed by atoms with Crippen LogP contribution in [0.25, 0.3) is 11.6 Å². The third-order valence-corrected chi connectivity index (χ3v) is 3.32. The van der Waals surface area contributed by atoms with Gasteiger partial charge in [0.05, 0.1) is 11.3 Å². The smallest absolute Gasteiger partial charge is 0.259 e. The van der Waals surface area contributed by atoms with E-state index in [2.05, 4.69) is 0 Å². The summed E-state index contributed by atoms with van der Waals surface area (Å²) in [5, 5.41) is 0. The highest BCUT2D eigenvalue weighted by atomic mass is 16.3. The average Bonchev–Trinajstić information content (AvgIpc) is 2.93. The SMILES string of the molecule is CCN1C(=O)/C(=C\c2ccc(C)o2)c2ccccc21. The molecule has 2 aromatic rings. The Labute approximate surface area is 112 Å². The summed E-state index contributed by atoms with van der Waals surface area (Å²) in [6, 6.07) is 11.6. The van der Waals surface area contributed by atoms with E-state index in [1.165, 1.54) is 0 Å². The zero-order valence-electron chi connectivity index (χ0n) is 11.0. The zero-order chi connectivity index (χ0) is 13.4. The first-order chi connectivity index (χ1) is 9.20. The molecular formula is C16H15NO2. The van der Waals surface area contributed by atoms with Gasteiger partial charge in [-0.3, -0.25) is 4.79 Å². The number of benzene rings is 1. The molecule has 0 atom stereocenters. The van der Waals surface area contributed by atoms with Gasteiger partial charge in [-0.15, -0.1) is 0 Å². The lowest BCUT2D eigenvalue weighted by atomic mass is 10.1. The van der Waals surface area contributed by atoms with Crippen molar-refractivity contribution in [2.45, 2.75) is 13.8 Å². The maximum atomic E-state index is 12.4. The summed E-state index contributed by atoms with van der Waals surface area (Å²) in [4.78, 5) is 14.2. The van der Waals surface area contributed by atoms with E-state index in [0.717, 1.165) is 17.0 Å². The number of anilines is 1. The van der Waals surface area contributed by atoms with Crippen LogP contribution >= 0.6 is 0 Å². The van der Waals surface area contributed by atoms with E-state index in [-0.39, 0.29) is 5.91 Å². The Balaban J connectivity index is 2.12. The predicted octanol–water partition coefficient (Wildman–Crippen LogP) is 3.50. The maximum Gasteiger partial charge on any atom is 0.259 e. The lowest BCUT2D eigenvalue weighted by Crippen LogP contribution is -2.25. The number of aryl methyl sites for hydroxylation is 1. The summed E-state index contributed by atoms with van der Waals surface area (Å²) in [5.41, 5.74) is 2.65. The minimum atomic E-state index is 0.0396. The van der Waals surface area contributed by atoms with Crippen LogP contribution in [0.15, 0.2) is 40.8 Å². The van der Waals surface area contributed by atoms with Crippen molar-refractivity contribution in [3.8, 4) is 0 Å². The Kier molecular flexibility index (Phi) is 2.75. The largest absolute Gasteiger partial charge is 0.462 e. The molecular weight excluding hydrogens is 238 g/mol. The number of para-hydroxylation sites is 1. The van der Waals surface area contributed by atoms with E-state index in [1.54, 1.807) is 4.90 Å². The molecule has 0 bridgehead atoms. The number of carbonyl (C=O) groups excluding carboxylic acids is 1. The monoisotopic (exact) mass is 253 g/mol. The summed E-state index contributed by atoms with van der Waals surface area (Å²) in [7, 11) is 0. The Bertz CT molecular complexity index is 667. The molecule has 3 nitrogen and oxygen atoms in total. The van der Waals surface area contributed by atoms with Gasteiger partial charge in [0.1, 0.15) is 11.5 Å². The van der Waals surface area contributed by atoms with Crippen LogP contribution in [0, 0.1) is 6.92 Å². The molecule has 0 fully saturated rings. The first kappa shape index (κ1) is 11.8. The Morgan fingerprint density at radius 1 is 1.21 bits per heavy atom. The molecule has 1 aromatic carbocycles. The molecule has 0 unspecified atom stereocenters. The molecule has 0 aliphatic carbocycles. The molecule has 0 saturated heterocycles. The van der Waals surface area contributed by atoms with Crippen LogP contribution in [-0.4, -0.2) is 12.5 Å². The fourth-order valence-corrected chi connectivity index (χ4v) is 2.43. The standard InChI is InChI=1S/C16H15NO2/c1-3-17-15-7-5-4-6-13(15)14(16(17)18)10-12-9-8-11(2)19-12/h4-10H,3H2,1-2H3/b14-10-. The molecule has 19 heavy (non-hydrogen) atoms. The predicted molar refractivity (Wildman–Crippen MR) is 75.8 cm³/mol. The van der Waals surface area contributed by atoms with E-state index in [1.807, 2.05) is 56.3 Å². The second-order valence-electron chi connectivity index (χ2n) is 4.57. The second kappa shape index (κ2) is 4.43. The van der Waals surface area contributed by atoms with Gasteiger partial charge in [-0.05, 0) is 38.1 Å². The van der Waals surface area contributed by atoms with Crippen LogP contribution in [0.1, 0.15) is 24.0 Å². The van der Waals surface area contributed by atoms with Gasteiger partial charge in [0.25, 0.3) is 5.91 Å². The normalized spacial score (nSPS) is 16.2. The number of fused-ring (bicyclic) bond motifs is 1. The molecule has 1 amide bonds. The van der Waals surface area contributed by atoms with Crippen LogP contribution in [-0.2, 0) is 4.79 Å². The van der Waals surface area contributed by atoms with Crippen molar-refractivity contribution in [1.29, 1.82) is 0 Å². The maximum absolute atomic E-state index is 12.4. The van der Waals surface area contributed by atoms with Crippen molar-refractivity contribution in [2.75, 3.05) is 11.4 Å². The van der Waals surface area contributed by atoms with Gasteiger partial charge in [-0.2, -0.15) is 0 Å². The molecule has 1 aliphatic rings. The number of rotatable bonds is 2. The number of hydrogen-bond acceptors (Lipinski definition) is 2. The third-order valence-electron chi connectivity index (χ3n) is 3.32. The van der Waals surface area contributed by atoms with Gasteiger partial charge in [-0.1, -0.05) is 18.2 Å². The first-order valence-electron chi connectivity index (χ1n) is 6.40. The van der Waals surface area contributed by atoms with Gasteiger partial charge in [0, 0.05) is 12.1 Å². The molecule has 3 heteroatoms. The molecule has 2 heterocycles. The lowest BCUT2D eigenvalue weighted by Gasteiger charge is -2.13. The average molecular weight is 253 g/mol. The number of hydrogen-bond donors (Lipinski definition) is 0. The third kappa shape index (κ3) is 1.87. The molecule has 0 N–H and O–H groups in total. The van der Waals surface area contributed by atoms with Crippen molar-refractivity contribution in [3.63, 3.8) is 0 Å². The summed E-state index contributed by atoms with van der Waals surface area (Å²) < 4.78 is 5.53. The molecule has 3 rings (SSSR count). The summed E-state index contributed by atoms with van der Waals surface area (Å²) in [6.07, 6.45) is 1.82. The summed E-state index contributed by atoms with van der Waals surface area (Å²) >= 11 is 0. The van der Waals surface area contributed by atoms with Crippen molar-refractivity contribution in [2.24, 2.45) is 0 Å². The molecule has 96 valence electrons. The molecule has 0 spiro atoms. The highest BCUT2D eigenvalue weighted by Gasteiger charge is 2.30. The highest BCUT2D eigenvalue weighted by molar-refractivity contribution is 6.35. The topological polar surface area (TPSA) is 33.5 Å². The van der Waals surface area contributed by atoms with Crippen LogP contribution in [0.2, 0.25) is 0 Å². The van der Waals surface area contributed by atoms with E-state index >= 15 is 0 Å². The van der Waals surface area contributed by atoms with E-state index < -0.39 is 0 Å². The molecule has 0 saturated carbocycles. The van der Waals surface area contributed by atoms with Gasteiger partial charge >= 0.3 is 0 Å². The summed E-state index contributed by atoms with van der Waals surface area (Å²) in [5.74, 6) is 1.60. The van der Waals surface area contributed by atoms with Gasteiger partial charge in [-0.25, -0.2) is 0 Å². The molecule has 1 aliphatic heterocycles. The number of carbonyl (C=O) groups is 1. The van der Waals surface area contributed by atoms with Crippen LogP contribution < -0.4 is 4.90 Å². The Morgan fingerprint density at radius 2 is 2.00 bits per heavy atom. The highest BCUT2D eigenvalue weighted by Crippen LogP contribution is 2.37. The number of likely N-dealkylation sites (N-methyl/N-ethyl adjacent to an activating group) is 1. The van der Waals surface area contributed by atoms with Crippen molar-refractivity contribution in [1.82, 2.24) is 0 Å². The Hall–Kier alpha value is -2.29. The molecule has 0 radical (unpaired) electrons. The van der Waals surface area contributed by atoms with Crippen LogP contribution in [0.5, 0.6) is 0 Å². The zero-order valence-corrected chi connectivity index (χ0v) is 11.0. The quantitative estimate of drug-likeness (QED) is 0.767. The van der Waals surface area contributed by atoms with Crippen molar-refractivity contribution >= 4 is 23.2 Å². The minimum Gasteiger partial charge on any atom is -0.462 e.